The van der Waals surface area contributed by atoms with Crippen LogP contribution in [0.3, 0.4) is 0 Å². The number of ether oxygens (including phenoxy) is 27. The molecule has 0 saturated carbocycles. The zero-order valence-electron chi connectivity index (χ0n) is 59.4. The summed E-state index contributed by atoms with van der Waals surface area (Å²) in [4.78, 5) is 23.4. The van der Waals surface area contributed by atoms with E-state index in [2.05, 4.69) is 9.47 Å². The van der Waals surface area contributed by atoms with E-state index in [4.69, 9.17) is 118 Å². The predicted molar refractivity (Wildman–Crippen MR) is 343 cm³/mol. The van der Waals surface area contributed by atoms with Crippen LogP contribution in [0.4, 0.5) is 43.9 Å². The maximum atomic E-state index is 13.6. The number of halogens is 10. The van der Waals surface area contributed by atoms with Crippen molar-refractivity contribution < 1.29 is 181 Å². The van der Waals surface area contributed by atoms with Crippen LogP contribution in [-0.4, -0.2) is 342 Å². The van der Waals surface area contributed by atoms with Crippen molar-refractivity contribution in [3.63, 3.8) is 0 Å². The lowest BCUT2D eigenvalue weighted by atomic mass is 10.2. The third-order valence-electron chi connectivity index (χ3n) is 12.6. The Kier molecular flexibility index (Phi) is 65.7. The van der Waals surface area contributed by atoms with Crippen LogP contribution in [0, 0.1) is 58.2 Å². The van der Waals surface area contributed by atoms with Crippen LogP contribution in [0.15, 0.2) is 0 Å². The summed E-state index contributed by atoms with van der Waals surface area (Å²) >= 11 is 0. The molecule has 0 bridgehead atoms. The summed E-state index contributed by atoms with van der Waals surface area (Å²) in [6.07, 6.45) is -1.00. The normalized spacial score (nSPS) is 11.7. The molecule has 0 radical (unpaired) electrons. The molecule has 0 N–H and O–H groups in total. The summed E-state index contributed by atoms with van der Waals surface area (Å²) in [5, 5.41) is 0. The van der Waals surface area contributed by atoms with E-state index in [0.29, 0.717) is 264 Å². The summed E-state index contributed by atoms with van der Waals surface area (Å²) in [5.41, 5.74) is 0. The summed E-state index contributed by atoms with van der Waals surface area (Å²) < 4.78 is 278. The molecular weight excluding hydrogens is 1450 g/mol. The first-order chi connectivity index (χ1) is 51.4. The smallest absolute Gasteiger partial charge is 0.313 e. The van der Waals surface area contributed by atoms with E-state index in [1.54, 1.807) is 0 Å². The fraction of sp³-hybridized carbons (Fsp3) is 0.788. The Labute approximate surface area is 604 Å². The molecule has 105 heavy (non-hydrogen) atoms. The molecule has 0 atom stereocenters. The van der Waals surface area contributed by atoms with Crippen molar-refractivity contribution in [1.82, 2.24) is 0 Å². The van der Waals surface area contributed by atoms with Crippen LogP contribution < -0.4 is 9.47 Å². The van der Waals surface area contributed by atoms with Gasteiger partial charge in [0.25, 0.3) is 0 Å². The maximum Gasteiger partial charge on any atom is 0.313 e. The fourth-order valence-corrected chi connectivity index (χ4v) is 7.37. The molecule has 29 nitrogen and oxygen atoms in total. The van der Waals surface area contributed by atoms with Gasteiger partial charge >= 0.3 is 11.9 Å². The van der Waals surface area contributed by atoms with E-state index in [9.17, 15) is 53.5 Å². The molecule has 0 saturated heterocycles. The Morgan fingerprint density at radius 1 is 0.143 bits per heavy atom. The van der Waals surface area contributed by atoms with E-state index in [0.717, 1.165) is 0 Å². The Hall–Kier alpha value is -4.32. The summed E-state index contributed by atoms with van der Waals surface area (Å²) in [5.74, 6) is -28.4. The van der Waals surface area contributed by atoms with E-state index in [-0.39, 0.29) is 66.1 Å². The highest BCUT2D eigenvalue weighted by atomic mass is 19.2. The molecule has 0 aliphatic carbocycles. The number of carbonyl (C=O) groups excluding carboxylic acids is 2. The molecule has 0 heterocycles. The third kappa shape index (κ3) is 54.9. The number of esters is 2. The van der Waals surface area contributed by atoms with E-state index in [1.165, 1.54) is 0 Å². The van der Waals surface area contributed by atoms with Crippen LogP contribution in [0.2, 0.25) is 0 Å². The topological polar surface area (TPSA) is 283 Å². The minimum Gasteiger partial charge on any atom is -0.420 e. The number of benzene rings is 2. The molecule has 0 spiro atoms. The molecule has 0 aliphatic heterocycles. The number of hydrogen-bond acceptors (Lipinski definition) is 29. The SMILES string of the molecule is O=C(CCOCCOCCOCCOCCOCCOCCOCCOCCOCCOCCOCCOCCOCCOCCOCCOCCOCCOCCOCCOCCOCCOCCOCCOCCOCCC(=O)Oc1c(F)c(F)c(F)c(F)c1F)Oc1c(F)c(F)c(F)c(F)c1F. The van der Waals surface area contributed by atoms with Crippen molar-refractivity contribution >= 4 is 11.9 Å². The van der Waals surface area contributed by atoms with Gasteiger partial charge in [0.2, 0.25) is 69.7 Å². The van der Waals surface area contributed by atoms with E-state index >= 15 is 0 Å². The zero-order chi connectivity index (χ0) is 75.9. The molecular formula is C66H104F10O29. The minimum absolute atomic E-state index is 0.0633. The summed E-state index contributed by atoms with van der Waals surface area (Å²) in [6.45, 7) is 17.8. The lowest BCUT2D eigenvalue weighted by Gasteiger charge is -2.09. The van der Waals surface area contributed by atoms with Crippen LogP contribution in [0.5, 0.6) is 11.5 Å². The van der Waals surface area contributed by atoms with Crippen LogP contribution in [0.1, 0.15) is 12.8 Å². The molecule has 2 aromatic carbocycles. The Morgan fingerprint density at radius 2 is 0.229 bits per heavy atom. The van der Waals surface area contributed by atoms with Crippen LogP contribution >= 0.6 is 0 Å². The monoisotopic (exact) mass is 1550 g/mol. The van der Waals surface area contributed by atoms with Gasteiger partial charge in [-0.2, -0.15) is 17.6 Å². The average Bonchev–Trinajstić information content (AvgIpc) is 0.808. The van der Waals surface area contributed by atoms with Gasteiger partial charge in [-0.25, -0.2) is 26.3 Å². The molecule has 0 aliphatic rings. The molecule has 0 unspecified atom stereocenters. The second-order valence-corrected chi connectivity index (χ2v) is 20.6. The lowest BCUT2D eigenvalue weighted by Crippen LogP contribution is -2.16. The number of carbonyl (C=O) groups is 2. The largest absolute Gasteiger partial charge is 0.420 e. The standard InChI is InChI=1S/C66H104F10O29/c67-55-57(69)61(73)65(62(74)58(55)70)104-53(77)1-3-79-5-7-81-9-11-83-13-15-85-17-19-87-21-23-89-25-27-91-29-31-93-33-35-95-37-39-97-41-43-99-45-47-101-49-51-103-52-50-102-48-46-100-44-42-98-40-38-96-36-34-94-32-30-92-28-26-90-24-22-88-20-18-86-16-14-84-12-10-82-8-6-80-4-2-54(78)105-66-63(75)59(71)56(68)60(72)64(66)76/h1-52H2. The molecule has 39 heteroatoms. The van der Waals surface area contributed by atoms with Crippen LogP contribution in [-0.2, 0) is 128 Å². The quantitative estimate of drug-likeness (QED) is 0.0215. The molecule has 0 amide bonds. The van der Waals surface area contributed by atoms with E-state index < -0.39 is 94.5 Å². The van der Waals surface area contributed by atoms with Crippen molar-refractivity contribution in [2.75, 3.05) is 330 Å². The Balaban J connectivity index is 1.11. The summed E-state index contributed by atoms with van der Waals surface area (Å²) in [6, 6.07) is 0. The first-order valence-corrected chi connectivity index (χ1v) is 34.3. The van der Waals surface area contributed by atoms with E-state index in [1.807, 2.05) is 0 Å². The molecule has 2 aromatic rings. The highest BCUT2D eigenvalue weighted by Gasteiger charge is 2.30. The first-order valence-electron chi connectivity index (χ1n) is 34.3. The van der Waals surface area contributed by atoms with Crippen molar-refractivity contribution in [2.45, 2.75) is 12.8 Å². The summed E-state index contributed by atoms with van der Waals surface area (Å²) in [7, 11) is 0. The Bertz CT molecular complexity index is 2180. The number of rotatable bonds is 80. The van der Waals surface area contributed by atoms with Gasteiger partial charge in [0.15, 0.2) is 0 Å². The fourth-order valence-electron chi connectivity index (χ4n) is 7.37. The lowest BCUT2D eigenvalue weighted by molar-refractivity contribution is -0.137. The zero-order valence-corrected chi connectivity index (χ0v) is 59.4. The molecule has 612 valence electrons. The minimum atomic E-state index is -2.36. The van der Waals surface area contributed by atoms with Crippen LogP contribution in [0.25, 0.3) is 0 Å². The molecule has 0 aromatic heterocycles. The second-order valence-electron chi connectivity index (χ2n) is 20.6. The maximum absolute atomic E-state index is 13.6. The number of hydrogen-bond donors (Lipinski definition) is 0. The highest BCUT2D eigenvalue weighted by Crippen LogP contribution is 2.31. The van der Waals surface area contributed by atoms with Gasteiger partial charge in [-0.15, -0.1) is 0 Å². The van der Waals surface area contributed by atoms with Crippen molar-refractivity contribution in [3.05, 3.63) is 58.2 Å². The van der Waals surface area contributed by atoms with Crippen molar-refractivity contribution in [3.8, 4) is 11.5 Å². The van der Waals surface area contributed by atoms with Crippen molar-refractivity contribution in [1.29, 1.82) is 0 Å². The van der Waals surface area contributed by atoms with Gasteiger partial charge in [-0.3, -0.25) is 9.59 Å². The second kappa shape index (κ2) is 71.3. The van der Waals surface area contributed by atoms with Gasteiger partial charge in [0.05, 0.1) is 343 Å². The first kappa shape index (κ1) is 96.8. The highest BCUT2D eigenvalue weighted by molar-refractivity contribution is 5.73. The average molecular weight is 1550 g/mol. The van der Waals surface area contributed by atoms with Gasteiger partial charge < -0.3 is 128 Å². The van der Waals surface area contributed by atoms with Gasteiger partial charge in [0, 0.05) is 0 Å². The van der Waals surface area contributed by atoms with Gasteiger partial charge in [-0.1, -0.05) is 0 Å². The predicted octanol–water partition coefficient (Wildman–Crippen LogP) is 4.78. The Morgan fingerprint density at radius 3 is 0.333 bits per heavy atom. The molecule has 2 rings (SSSR count). The van der Waals surface area contributed by atoms with Gasteiger partial charge in [0.1, 0.15) is 0 Å². The third-order valence-corrected chi connectivity index (χ3v) is 12.6. The van der Waals surface area contributed by atoms with Gasteiger partial charge in [-0.05, 0) is 0 Å². The molecule has 0 fully saturated rings. The van der Waals surface area contributed by atoms with Crippen molar-refractivity contribution in [2.24, 2.45) is 0 Å².